The van der Waals surface area contributed by atoms with Crippen molar-refractivity contribution in [2.24, 2.45) is 11.3 Å². The number of aryl methyl sites for hydroxylation is 1. The molecule has 2 saturated carbocycles. The molecule has 3 N–H and O–H groups in total. The van der Waals surface area contributed by atoms with Crippen molar-refractivity contribution in [1.29, 1.82) is 0 Å². The van der Waals surface area contributed by atoms with E-state index in [1.807, 2.05) is 9.80 Å². The van der Waals surface area contributed by atoms with Crippen molar-refractivity contribution in [3.05, 3.63) is 41.1 Å². The summed E-state index contributed by atoms with van der Waals surface area (Å²) in [6, 6.07) is 7.12. The van der Waals surface area contributed by atoms with Crippen molar-refractivity contribution in [2.75, 3.05) is 20.8 Å². The summed E-state index contributed by atoms with van der Waals surface area (Å²) in [6.07, 6.45) is 11.3. The van der Waals surface area contributed by atoms with E-state index in [2.05, 4.69) is 45.5 Å². The Kier molecular flexibility index (Phi) is 12.6. The number of H-pyrrole nitrogens is 1. The molecule has 2 bridgehead atoms. The van der Waals surface area contributed by atoms with E-state index in [-0.39, 0.29) is 43.2 Å². The monoisotopic (exact) mass is 640 g/mol. The molecule has 6 rings (SSSR count). The van der Waals surface area contributed by atoms with E-state index < -0.39 is 12.2 Å². The Morgan fingerprint density at radius 1 is 1.10 bits per heavy atom. The topological polar surface area (TPSA) is 169 Å². The van der Waals surface area contributed by atoms with Crippen molar-refractivity contribution >= 4 is 36.0 Å². The van der Waals surface area contributed by atoms with Crippen LogP contribution in [0.4, 0.5) is 9.59 Å². The van der Waals surface area contributed by atoms with Crippen LogP contribution >= 0.6 is 0 Å². The number of methoxy groups -OCH3 is 2. The Hall–Kier alpha value is -2.66. The van der Waals surface area contributed by atoms with Crippen LogP contribution in [0.1, 0.15) is 62.4 Å². The molecular formula is C27H34N6O6V2. The largest absolute Gasteiger partial charge is 2.00 e. The van der Waals surface area contributed by atoms with E-state index >= 15 is 0 Å². The second-order valence-electron chi connectivity index (χ2n) is 10.7. The van der Waals surface area contributed by atoms with Gasteiger partial charge in [0.05, 0.1) is 31.3 Å². The fourth-order valence-corrected chi connectivity index (χ4v) is 6.25. The molecule has 0 unspecified atom stereocenters. The summed E-state index contributed by atoms with van der Waals surface area (Å²) in [6.45, 7) is 0.901. The van der Waals surface area contributed by atoms with Crippen molar-refractivity contribution < 1.29 is 65.8 Å². The zero-order valence-electron chi connectivity index (χ0n) is 23.1. The second-order valence-corrected chi connectivity index (χ2v) is 10.7. The van der Waals surface area contributed by atoms with Gasteiger partial charge in [-0.15, -0.1) is 0 Å². The number of piperidine rings is 1. The van der Waals surface area contributed by atoms with Crippen LogP contribution in [0.25, 0.3) is 22.5 Å². The minimum Gasteiger partial charge on any atom is -0.632 e. The first-order valence-electron chi connectivity index (χ1n) is 13.1. The number of nitrogens with zero attached hydrogens (tertiary/aromatic N) is 3. The molecule has 1 spiro atoms. The number of aromatic nitrogens is 2. The summed E-state index contributed by atoms with van der Waals surface area (Å²) >= 11 is 0. The molecule has 2 saturated heterocycles. The van der Waals surface area contributed by atoms with Gasteiger partial charge in [0.25, 0.3) is 0 Å². The van der Waals surface area contributed by atoms with Gasteiger partial charge >= 0.3 is 37.1 Å². The van der Waals surface area contributed by atoms with Crippen LogP contribution in [-0.2, 0) is 62.6 Å². The summed E-state index contributed by atoms with van der Waals surface area (Å²) < 4.78 is 7.56. The summed E-state index contributed by atoms with van der Waals surface area (Å²) in [5, 5.41) is 0. The molecule has 4 fully saturated rings. The fourth-order valence-electron chi connectivity index (χ4n) is 6.25. The van der Waals surface area contributed by atoms with E-state index in [1.165, 1.54) is 24.8 Å². The zero-order valence-corrected chi connectivity index (χ0v) is 25.9. The van der Waals surface area contributed by atoms with Crippen molar-refractivity contribution in [3.63, 3.8) is 0 Å². The summed E-state index contributed by atoms with van der Waals surface area (Å²) in [5.41, 5.74) is 15.6. The smallest absolute Gasteiger partial charge is 0.632 e. The van der Waals surface area contributed by atoms with Crippen LogP contribution in [0.15, 0.2) is 18.2 Å². The number of hydrogen-bond donors (Lipinski definition) is 1. The minimum absolute atomic E-state index is 0. The van der Waals surface area contributed by atoms with Crippen molar-refractivity contribution in [1.82, 2.24) is 19.8 Å². The zero-order chi connectivity index (χ0) is 28.2. The van der Waals surface area contributed by atoms with Gasteiger partial charge in [-0.3, -0.25) is 9.59 Å². The Morgan fingerprint density at radius 3 is 2.32 bits per heavy atom. The van der Waals surface area contributed by atoms with Gasteiger partial charge in [-0.1, -0.05) is 6.07 Å². The number of aromatic amines is 1. The number of likely N-dealkylation sites (tertiary alicyclic amines) is 2. The third-order valence-corrected chi connectivity index (χ3v) is 8.36. The molecule has 2 radical (unpaired) electrons. The molecular weight excluding hydrogens is 606 g/mol. The van der Waals surface area contributed by atoms with E-state index in [9.17, 15) is 19.2 Å². The molecule has 4 atom stereocenters. The number of ether oxygens (including phenoxy) is 2. The molecule has 14 heteroatoms. The van der Waals surface area contributed by atoms with Gasteiger partial charge < -0.3 is 45.3 Å². The number of carbonyl (C=O) groups is 2. The maximum Gasteiger partial charge on any atom is 2.00 e. The predicted octanol–water partition coefficient (Wildman–Crippen LogP) is 4.61. The molecule has 1 aromatic heterocycles. The van der Waals surface area contributed by atoms with Gasteiger partial charge in [0.2, 0.25) is 12.2 Å². The number of hydrogen-bond acceptors (Lipinski definition) is 7. The van der Waals surface area contributed by atoms with Gasteiger partial charge in [0, 0.05) is 12.1 Å². The molecule has 4 aliphatic rings. The van der Waals surface area contributed by atoms with Crippen molar-refractivity contribution in [3.8, 4) is 0 Å². The average molecular weight is 640 g/mol. The fraction of sp³-hybridized carbons (Fsp3) is 0.593. The molecule has 2 aromatic rings. The quantitative estimate of drug-likeness (QED) is 0.450. The molecule has 2 aliphatic carbocycles. The maximum absolute atomic E-state index is 11.5. The number of rotatable bonds is 6. The van der Waals surface area contributed by atoms with E-state index in [0.29, 0.717) is 23.4 Å². The van der Waals surface area contributed by atoms with Crippen LogP contribution in [0, 0.1) is 11.3 Å². The van der Waals surface area contributed by atoms with Gasteiger partial charge in [0.1, 0.15) is 5.82 Å². The summed E-state index contributed by atoms with van der Waals surface area (Å²) in [4.78, 5) is 53.4. The second kappa shape index (κ2) is 15.0. The van der Waals surface area contributed by atoms with E-state index in [0.717, 1.165) is 69.7 Å². The minimum atomic E-state index is -0.995. The summed E-state index contributed by atoms with van der Waals surface area (Å²) in [5.74, 6) is 1.41. The van der Waals surface area contributed by atoms with Crippen molar-refractivity contribution in [2.45, 2.75) is 69.5 Å². The molecule has 3 heterocycles. The number of amides is 4. The third-order valence-electron chi connectivity index (χ3n) is 8.36. The number of fused-ring (bicyclic) bond motifs is 3. The SMILES string of the molecule is COC([NH-])=O.COC([NH-])=O.O=[C-]N1CC2(CC2)C[C@H]1CCc1ccc2nc([C@@H]3[C@@H]4CC[C@H](C4)N3[C-]=O)[nH]c2c1.[V+2].[V+2]. The van der Waals surface area contributed by atoms with E-state index in [1.54, 1.807) is 0 Å². The Balaban J connectivity index is 0.000000428. The predicted molar refractivity (Wildman–Crippen MR) is 142 cm³/mol. The average Bonchev–Trinajstić information content (AvgIpc) is 3.32. The van der Waals surface area contributed by atoms with Crippen LogP contribution in [-0.4, -0.2) is 77.6 Å². The Bertz CT molecular complexity index is 1190. The molecule has 41 heavy (non-hydrogen) atoms. The van der Waals surface area contributed by atoms with E-state index in [4.69, 9.17) is 16.5 Å². The van der Waals surface area contributed by atoms with Gasteiger partial charge in [-0.2, -0.15) is 12.8 Å². The summed E-state index contributed by atoms with van der Waals surface area (Å²) in [7, 11) is 2.32. The molecule has 12 nitrogen and oxygen atoms in total. The number of benzene rings is 1. The number of nitrogens with one attached hydrogen (secondary N) is 3. The molecule has 218 valence electrons. The Morgan fingerprint density at radius 2 is 1.76 bits per heavy atom. The van der Waals surface area contributed by atoms with Gasteiger partial charge in [-0.05, 0) is 86.9 Å². The molecule has 4 amide bonds. The Labute approximate surface area is 263 Å². The first kappa shape index (κ1) is 34.5. The van der Waals surface area contributed by atoms with Crippen LogP contribution < -0.4 is 0 Å². The van der Waals surface area contributed by atoms with Gasteiger partial charge in [-0.25, -0.2) is 4.98 Å². The molecule has 2 aliphatic heterocycles. The maximum atomic E-state index is 11.5. The third kappa shape index (κ3) is 8.22. The normalized spacial score (nSPS) is 24.1. The van der Waals surface area contributed by atoms with Gasteiger partial charge in [0.15, 0.2) is 0 Å². The standard InChI is InChI=1S/C23H26N4O2.2C2H5NO2.2V/c28-13-26-12-23(7-8-23)11-18(26)4-1-15-2-6-19-20(9-15)25-22(24-19)21-16-3-5-17(10-16)27(21)14-29;2*1-5-2(3)4;;/h2,6,9,16-18,21H,1,3-5,7-8,10-12H2,(H,24,25);2*1H3,(H2,3,4);;/q-2;;;2*+2/p-2/t16-,17-,18-,21+;;;;/m1..../s1. The van der Waals surface area contributed by atoms with Crippen LogP contribution in [0.3, 0.4) is 0 Å². The van der Waals surface area contributed by atoms with Crippen LogP contribution in [0.5, 0.6) is 0 Å². The number of carbonyl (C=O) groups excluding carboxylic acids is 4. The first-order chi connectivity index (χ1) is 18.7. The van der Waals surface area contributed by atoms with Crippen LogP contribution in [0.2, 0.25) is 0 Å². The first-order valence-corrected chi connectivity index (χ1v) is 13.1. The molecule has 1 aromatic carbocycles. The number of imidazole rings is 1.